The monoisotopic (exact) mass is 387 g/mol. The van der Waals surface area contributed by atoms with Crippen LogP contribution in [0.5, 0.6) is 5.75 Å². The second-order valence-electron chi connectivity index (χ2n) is 7.05. The summed E-state index contributed by atoms with van der Waals surface area (Å²) in [5.74, 6) is 8.23. The molecule has 0 amide bonds. The molecule has 1 aliphatic rings. The Labute approximate surface area is 168 Å². The molecule has 3 heterocycles. The van der Waals surface area contributed by atoms with Crippen molar-refractivity contribution in [3.8, 4) is 17.6 Å². The topological polar surface area (TPSA) is 82.8 Å². The van der Waals surface area contributed by atoms with E-state index in [1.165, 1.54) is 18.9 Å². The van der Waals surface area contributed by atoms with Gasteiger partial charge in [0.05, 0.1) is 6.04 Å². The molecule has 1 atom stereocenters. The van der Waals surface area contributed by atoms with Crippen LogP contribution in [0, 0.1) is 24.7 Å². The molecule has 1 unspecified atom stereocenters. The predicted molar refractivity (Wildman–Crippen MR) is 107 cm³/mol. The third-order valence-corrected chi connectivity index (χ3v) is 4.73. The highest BCUT2D eigenvalue weighted by atomic mass is 16.5. The lowest BCUT2D eigenvalue weighted by Crippen LogP contribution is -2.25. The molecular formula is C22H21N5O2. The zero-order chi connectivity index (χ0) is 20.2. The molecule has 1 fully saturated rings. The fraction of sp³-hybridized carbons (Fsp3) is 0.318. The molecule has 0 bridgehead atoms. The maximum atomic E-state index is 12.7. The summed E-state index contributed by atoms with van der Waals surface area (Å²) in [7, 11) is 0. The Morgan fingerprint density at radius 1 is 1.17 bits per heavy atom. The smallest absolute Gasteiger partial charge is 0.255 e. The second kappa shape index (κ2) is 8.23. The van der Waals surface area contributed by atoms with Crippen molar-refractivity contribution in [2.24, 2.45) is 5.92 Å². The summed E-state index contributed by atoms with van der Waals surface area (Å²) >= 11 is 0. The first-order valence-electron chi connectivity index (χ1n) is 9.55. The summed E-state index contributed by atoms with van der Waals surface area (Å²) in [5.41, 5.74) is 1.48. The predicted octanol–water partition coefficient (Wildman–Crippen LogP) is 2.69. The van der Waals surface area contributed by atoms with Crippen molar-refractivity contribution in [3.05, 3.63) is 76.2 Å². The molecule has 146 valence electrons. The van der Waals surface area contributed by atoms with Crippen LogP contribution in [0.3, 0.4) is 0 Å². The molecular weight excluding hydrogens is 366 g/mol. The fourth-order valence-electron chi connectivity index (χ4n) is 2.98. The Morgan fingerprint density at radius 2 is 1.90 bits per heavy atom. The maximum absolute atomic E-state index is 12.7. The number of rotatable bonds is 5. The fourth-order valence-corrected chi connectivity index (χ4v) is 2.98. The van der Waals surface area contributed by atoms with Gasteiger partial charge in [-0.25, -0.2) is 19.9 Å². The highest BCUT2D eigenvalue weighted by Crippen LogP contribution is 2.27. The molecule has 0 aromatic carbocycles. The van der Waals surface area contributed by atoms with Crippen LogP contribution in [0.15, 0.2) is 47.8 Å². The molecule has 0 saturated heterocycles. The van der Waals surface area contributed by atoms with Crippen molar-refractivity contribution in [3.63, 3.8) is 0 Å². The molecule has 7 heteroatoms. The third kappa shape index (κ3) is 4.66. The number of hydrogen-bond acceptors (Lipinski definition) is 6. The first-order valence-corrected chi connectivity index (χ1v) is 9.55. The third-order valence-electron chi connectivity index (χ3n) is 4.73. The molecule has 0 radical (unpaired) electrons. The van der Waals surface area contributed by atoms with Gasteiger partial charge in [-0.2, -0.15) is 0 Å². The van der Waals surface area contributed by atoms with Gasteiger partial charge in [0, 0.05) is 48.0 Å². The van der Waals surface area contributed by atoms with Crippen molar-refractivity contribution in [1.82, 2.24) is 24.5 Å². The normalized spacial score (nSPS) is 14.0. The minimum Gasteiger partial charge on any atom is -0.485 e. The lowest BCUT2D eigenvalue weighted by atomic mass is 10.1. The molecule has 29 heavy (non-hydrogen) atoms. The van der Waals surface area contributed by atoms with E-state index in [0.717, 1.165) is 11.3 Å². The molecule has 0 spiro atoms. The standard InChI is InChI=1S/C22H21N5O2/c1-15-10-19(29-14-21-23-8-3-9-24-21)11-22(28)27(15)16(2)18-12-25-20(26-13-18)7-6-17-4-5-17/h3,8-13,16-17H,4-5,14H2,1-2H3. The lowest BCUT2D eigenvalue weighted by Gasteiger charge is -2.19. The Bertz CT molecular complexity index is 1110. The average molecular weight is 387 g/mol. The highest BCUT2D eigenvalue weighted by Gasteiger charge is 2.18. The number of nitrogens with zero attached hydrogens (tertiary/aromatic N) is 5. The van der Waals surface area contributed by atoms with E-state index in [9.17, 15) is 4.79 Å². The quantitative estimate of drug-likeness (QED) is 0.626. The molecule has 3 aromatic heterocycles. The van der Waals surface area contributed by atoms with E-state index >= 15 is 0 Å². The summed E-state index contributed by atoms with van der Waals surface area (Å²) in [6.45, 7) is 4.03. The molecule has 0 N–H and O–H groups in total. The van der Waals surface area contributed by atoms with Crippen LogP contribution in [0.4, 0.5) is 0 Å². The summed E-state index contributed by atoms with van der Waals surface area (Å²) in [6, 6.07) is 4.84. The van der Waals surface area contributed by atoms with E-state index in [-0.39, 0.29) is 18.2 Å². The van der Waals surface area contributed by atoms with Crippen LogP contribution in [0.1, 0.15) is 48.7 Å². The van der Waals surface area contributed by atoms with Crippen LogP contribution < -0.4 is 10.3 Å². The Kier molecular flexibility index (Phi) is 5.34. The Hall–Kier alpha value is -3.53. The maximum Gasteiger partial charge on any atom is 0.255 e. The number of aromatic nitrogens is 5. The van der Waals surface area contributed by atoms with Gasteiger partial charge in [-0.05, 0) is 44.7 Å². The largest absolute Gasteiger partial charge is 0.485 e. The van der Waals surface area contributed by atoms with Gasteiger partial charge in [0.2, 0.25) is 5.82 Å². The van der Waals surface area contributed by atoms with E-state index in [4.69, 9.17) is 4.74 Å². The number of hydrogen-bond donors (Lipinski definition) is 0. The minimum absolute atomic E-state index is 0.154. The first-order chi connectivity index (χ1) is 14.1. The summed E-state index contributed by atoms with van der Waals surface area (Å²) in [5, 5.41) is 0. The van der Waals surface area contributed by atoms with Gasteiger partial charge in [-0.15, -0.1) is 0 Å². The molecule has 4 rings (SSSR count). The van der Waals surface area contributed by atoms with Crippen LogP contribution >= 0.6 is 0 Å². The zero-order valence-corrected chi connectivity index (χ0v) is 16.4. The lowest BCUT2D eigenvalue weighted by molar-refractivity contribution is 0.294. The molecule has 3 aromatic rings. The van der Waals surface area contributed by atoms with Gasteiger partial charge >= 0.3 is 0 Å². The van der Waals surface area contributed by atoms with Crippen molar-refractivity contribution in [2.75, 3.05) is 0 Å². The summed E-state index contributed by atoms with van der Waals surface area (Å²) < 4.78 is 7.38. The van der Waals surface area contributed by atoms with E-state index in [0.29, 0.717) is 23.3 Å². The number of aryl methyl sites for hydroxylation is 1. The summed E-state index contributed by atoms with van der Waals surface area (Å²) in [4.78, 5) is 29.6. The van der Waals surface area contributed by atoms with Crippen molar-refractivity contribution >= 4 is 0 Å². The van der Waals surface area contributed by atoms with Crippen LogP contribution in [0.25, 0.3) is 0 Å². The van der Waals surface area contributed by atoms with E-state index in [2.05, 4.69) is 31.8 Å². The van der Waals surface area contributed by atoms with Crippen LogP contribution in [0.2, 0.25) is 0 Å². The van der Waals surface area contributed by atoms with Gasteiger partial charge in [-0.3, -0.25) is 4.79 Å². The van der Waals surface area contributed by atoms with E-state index < -0.39 is 0 Å². The molecule has 1 saturated carbocycles. The summed E-state index contributed by atoms with van der Waals surface area (Å²) in [6.07, 6.45) is 9.11. The highest BCUT2D eigenvalue weighted by molar-refractivity contribution is 5.27. The second-order valence-corrected chi connectivity index (χ2v) is 7.05. The van der Waals surface area contributed by atoms with E-state index in [1.54, 1.807) is 35.4 Å². The van der Waals surface area contributed by atoms with Gasteiger partial charge < -0.3 is 9.30 Å². The van der Waals surface area contributed by atoms with Crippen molar-refractivity contribution in [2.45, 2.75) is 39.3 Å². The van der Waals surface area contributed by atoms with Gasteiger partial charge in [0.25, 0.3) is 5.56 Å². The van der Waals surface area contributed by atoms with E-state index in [1.807, 2.05) is 19.9 Å². The first kappa shape index (κ1) is 18.8. The van der Waals surface area contributed by atoms with Gasteiger partial charge in [-0.1, -0.05) is 5.92 Å². The molecule has 0 aliphatic heterocycles. The minimum atomic E-state index is -0.209. The Balaban J connectivity index is 1.50. The number of ether oxygens (including phenoxy) is 1. The Morgan fingerprint density at radius 3 is 2.55 bits per heavy atom. The van der Waals surface area contributed by atoms with Gasteiger partial charge in [0.15, 0.2) is 5.82 Å². The SMILES string of the molecule is Cc1cc(OCc2ncccn2)cc(=O)n1C(C)c1cnc(C#CC2CC2)nc1. The van der Waals surface area contributed by atoms with Gasteiger partial charge in [0.1, 0.15) is 12.4 Å². The molecule has 1 aliphatic carbocycles. The van der Waals surface area contributed by atoms with Crippen molar-refractivity contribution in [1.29, 1.82) is 0 Å². The van der Waals surface area contributed by atoms with Crippen LogP contribution in [-0.4, -0.2) is 24.5 Å². The molecule has 7 nitrogen and oxygen atoms in total. The van der Waals surface area contributed by atoms with Crippen LogP contribution in [-0.2, 0) is 6.61 Å². The van der Waals surface area contributed by atoms with Crippen molar-refractivity contribution < 1.29 is 4.74 Å². The zero-order valence-electron chi connectivity index (χ0n) is 16.4. The average Bonchev–Trinajstić information content (AvgIpc) is 3.56. The number of pyridine rings is 1.